The third kappa shape index (κ3) is 2.66. The molecule has 0 radical (unpaired) electrons. The van der Waals surface area contributed by atoms with Crippen molar-refractivity contribution in [2.75, 3.05) is 5.73 Å². The Morgan fingerprint density at radius 2 is 2.00 bits per heavy atom. The van der Waals surface area contributed by atoms with Crippen molar-refractivity contribution in [3.63, 3.8) is 0 Å². The van der Waals surface area contributed by atoms with E-state index in [4.69, 9.17) is 5.73 Å². The molecule has 0 aliphatic carbocycles. The average molecular weight is 249 g/mol. The molecule has 1 aromatic rings. The second-order valence-electron chi connectivity index (χ2n) is 1.57. The van der Waals surface area contributed by atoms with Gasteiger partial charge in [-0.2, -0.15) is 13.2 Å². The highest BCUT2D eigenvalue weighted by atomic mass is 79.9. The Bertz CT molecular complexity index is 233. The van der Waals surface area contributed by atoms with E-state index < -0.39 is 11.9 Å². The van der Waals surface area contributed by atoms with E-state index in [2.05, 4.69) is 4.98 Å². The molecule has 64 valence electrons. The van der Waals surface area contributed by atoms with Crippen molar-refractivity contribution in [2.24, 2.45) is 0 Å². The van der Waals surface area contributed by atoms with Gasteiger partial charge in [-0.15, -0.1) is 28.3 Å². The highest BCUT2D eigenvalue weighted by Gasteiger charge is 2.33. The largest absolute Gasteiger partial charge is 0.434 e. The van der Waals surface area contributed by atoms with Gasteiger partial charge in [0.25, 0.3) is 0 Å². The van der Waals surface area contributed by atoms with Gasteiger partial charge in [-0.3, -0.25) is 0 Å². The molecular formula is C4H4BrF3N2S. The maximum Gasteiger partial charge on any atom is 0.434 e. The summed E-state index contributed by atoms with van der Waals surface area (Å²) in [5.74, 6) is 0. The molecule has 0 aliphatic rings. The van der Waals surface area contributed by atoms with Crippen molar-refractivity contribution in [3.05, 3.63) is 11.1 Å². The molecule has 0 atom stereocenters. The maximum atomic E-state index is 11.7. The van der Waals surface area contributed by atoms with Gasteiger partial charge in [0.05, 0.1) is 0 Å². The zero-order valence-corrected chi connectivity index (χ0v) is 7.58. The molecule has 0 fully saturated rings. The van der Waals surface area contributed by atoms with Crippen LogP contribution in [-0.4, -0.2) is 4.98 Å². The fraction of sp³-hybridized carbons (Fsp3) is 0.250. The van der Waals surface area contributed by atoms with Crippen molar-refractivity contribution in [1.82, 2.24) is 4.98 Å². The lowest BCUT2D eigenvalue weighted by Crippen LogP contribution is -2.05. The molecule has 1 rings (SSSR count). The van der Waals surface area contributed by atoms with E-state index in [0.29, 0.717) is 0 Å². The molecule has 0 spiro atoms. The molecule has 0 aliphatic heterocycles. The van der Waals surface area contributed by atoms with Gasteiger partial charge >= 0.3 is 6.18 Å². The molecule has 0 aromatic carbocycles. The first-order chi connectivity index (χ1) is 4.50. The van der Waals surface area contributed by atoms with Crippen LogP contribution in [0.5, 0.6) is 0 Å². The number of rotatable bonds is 0. The molecule has 0 unspecified atom stereocenters. The van der Waals surface area contributed by atoms with Gasteiger partial charge in [-0.25, -0.2) is 4.98 Å². The van der Waals surface area contributed by atoms with E-state index in [1.807, 2.05) is 0 Å². The predicted molar refractivity (Wildman–Crippen MR) is 41.9 cm³/mol. The first-order valence-electron chi connectivity index (χ1n) is 2.28. The van der Waals surface area contributed by atoms with Crippen LogP contribution in [0.2, 0.25) is 0 Å². The fourth-order valence-electron chi connectivity index (χ4n) is 0.418. The quantitative estimate of drug-likeness (QED) is 0.766. The Morgan fingerprint density at radius 3 is 2.18 bits per heavy atom. The number of anilines is 1. The minimum Gasteiger partial charge on any atom is -0.375 e. The van der Waals surface area contributed by atoms with Crippen LogP contribution in [0.15, 0.2) is 5.38 Å². The molecule has 1 aromatic heterocycles. The van der Waals surface area contributed by atoms with Crippen LogP contribution in [0.3, 0.4) is 0 Å². The molecule has 7 heteroatoms. The van der Waals surface area contributed by atoms with Crippen molar-refractivity contribution >= 4 is 33.4 Å². The molecule has 0 saturated heterocycles. The number of hydrogen-bond acceptors (Lipinski definition) is 3. The highest BCUT2D eigenvalue weighted by Crippen LogP contribution is 2.30. The van der Waals surface area contributed by atoms with E-state index in [0.717, 1.165) is 16.7 Å². The average Bonchev–Trinajstić information content (AvgIpc) is 2.11. The zero-order chi connectivity index (χ0) is 7.78. The van der Waals surface area contributed by atoms with E-state index >= 15 is 0 Å². The Hall–Kier alpha value is -0.300. The zero-order valence-electron chi connectivity index (χ0n) is 5.05. The SMILES string of the molecule is Br.Nc1nc(C(F)(F)F)cs1. The van der Waals surface area contributed by atoms with E-state index in [-0.39, 0.29) is 22.1 Å². The summed E-state index contributed by atoms with van der Waals surface area (Å²) in [6.07, 6.45) is -4.37. The normalized spacial score (nSPS) is 10.8. The van der Waals surface area contributed by atoms with Crippen LogP contribution >= 0.6 is 28.3 Å². The molecule has 2 N–H and O–H groups in total. The highest BCUT2D eigenvalue weighted by molar-refractivity contribution is 8.93. The second-order valence-corrected chi connectivity index (χ2v) is 2.46. The number of thiazole rings is 1. The third-order valence-corrected chi connectivity index (χ3v) is 1.49. The number of aromatic nitrogens is 1. The van der Waals surface area contributed by atoms with Crippen molar-refractivity contribution in [1.29, 1.82) is 0 Å². The van der Waals surface area contributed by atoms with Gasteiger partial charge in [0, 0.05) is 5.38 Å². The van der Waals surface area contributed by atoms with Gasteiger partial charge in [-0.05, 0) is 0 Å². The lowest BCUT2D eigenvalue weighted by molar-refractivity contribution is -0.140. The first kappa shape index (κ1) is 10.7. The summed E-state index contributed by atoms with van der Waals surface area (Å²) in [4.78, 5) is 3.05. The molecule has 1 heterocycles. The van der Waals surface area contributed by atoms with Gasteiger partial charge in [0.15, 0.2) is 10.8 Å². The third-order valence-electron chi connectivity index (χ3n) is 0.812. The monoisotopic (exact) mass is 248 g/mol. The lowest BCUT2D eigenvalue weighted by atomic mass is 10.5. The van der Waals surface area contributed by atoms with Crippen LogP contribution in [0, 0.1) is 0 Å². The van der Waals surface area contributed by atoms with Crippen LogP contribution in [-0.2, 0) is 6.18 Å². The molecule has 2 nitrogen and oxygen atoms in total. The Kier molecular flexibility index (Phi) is 3.30. The standard InChI is InChI=1S/C4H3F3N2S.BrH/c5-4(6,7)2-1-10-3(8)9-2;/h1H,(H2,8,9);1H. The molecule has 11 heavy (non-hydrogen) atoms. The summed E-state index contributed by atoms with van der Waals surface area (Å²) in [5.41, 5.74) is 4.06. The molecular weight excluding hydrogens is 245 g/mol. The predicted octanol–water partition coefficient (Wildman–Crippen LogP) is 2.32. The number of hydrogen-bond donors (Lipinski definition) is 1. The lowest BCUT2D eigenvalue weighted by Gasteiger charge is -1.98. The topological polar surface area (TPSA) is 38.9 Å². The summed E-state index contributed by atoms with van der Waals surface area (Å²) in [7, 11) is 0. The van der Waals surface area contributed by atoms with Crippen LogP contribution in [0.25, 0.3) is 0 Å². The summed E-state index contributed by atoms with van der Waals surface area (Å²) in [6, 6.07) is 0. The minimum atomic E-state index is -4.37. The molecule has 0 amide bonds. The molecule has 0 bridgehead atoms. The number of nitrogens with zero attached hydrogens (tertiary/aromatic N) is 1. The number of alkyl halides is 3. The van der Waals surface area contributed by atoms with Gasteiger partial charge in [0.2, 0.25) is 0 Å². The van der Waals surface area contributed by atoms with E-state index in [9.17, 15) is 13.2 Å². The van der Waals surface area contributed by atoms with Gasteiger partial charge in [-0.1, -0.05) is 0 Å². The number of nitrogen functional groups attached to an aromatic ring is 1. The Morgan fingerprint density at radius 1 is 1.45 bits per heavy atom. The van der Waals surface area contributed by atoms with Crippen LogP contribution in [0.4, 0.5) is 18.3 Å². The first-order valence-corrected chi connectivity index (χ1v) is 3.16. The number of halogens is 4. The summed E-state index contributed by atoms with van der Waals surface area (Å²) >= 11 is 0.778. The minimum absolute atomic E-state index is 0. The summed E-state index contributed by atoms with van der Waals surface area (Å²) in [5, 5.41) is 0.822. The Labute approximate surface area is 75.0 Å². The van der Waals surface area contributed by atoms with Gasteiger partial charge < -0.3 is 5.73 Å². The summed E-state index contributed by atoms with van der Waals surface area (Å²) < 4.78 is 35.1. The Balaban J connectivity index is 0.000001000. The van der Waals surface area contributed by atoms with E-state index in [1.165, 1.54) is 0 Å². The van der Waals surface area contributed by atoms with Crippen LogP contribution < -0.4 is 5.73 Å². The maximum absolute atomic E-state index is 11.7. The summed E-state index contributed by atoms with van der Waals surface area (Å²) in [6.45, 7) is 0. The number of nitrogens with two attached hydrogens (primary N) is 1. The van der Waals surface area contributed by atoms with Crippen molar-refractivity contribution < 1.29 is 13.2 Å². The molecule has 0 saturated carbocycles. The van der Waals surface area contributed by atoms with E-state index in [1.54, 1.807) is 0 Å². The smallest absolute Gasteiger partial charge is 0.375 e. The second kappa shape index (κ2) is 3.40. The van der Waals surface area contributed by atoms with Gasteiger partial charge in [0.1, 0.15) is 0 Å². The van der Waals surface area contributed by atoms with Crippen molar-refractivity contribution in [2.45, 2.75) is 6.18 Å². The van der Waals surface area contributed by atoms with Crippen molar-refractivity contribution in [3.8, 4) is 0 Å². The fourth-order valence-corrected chi connectivity index (χ4v) is 0.988. The van der Waals surface area contributed by atoms with Crippen LogP contribution in [0.1, 0.15) is 5.69 Å².